The quantitative estimate of drug-likeness (QED) is 0.0222. The van der Waals surface area contributed by atoms with E-state index in [4.69, 9.17) is 37.0 Å². The maximum atomic E-state index is 13.1. The maximum absolute atomic E-state index is 13.1. The molecule has 0 heterocycles. The molecule has 0 aromatic carbocycles. The third-order valence-electron chi connectivity index (χ3n) is 18.3. The summed E-state index contributed by atoms with van der Waals surface area (Å²) in [7, 11) is -9.91. The Labute approximate surface area is 588 Å². The van der Waals surface area contributed by atoms with Crippen molar-refractivity contribution < 1.29 is 80.2 Å². The minimum Gasteiger partial charge on any atom is -0.462 e. The first-order chi connectivity index (χ1) is 46.4. The van der Waals surface area contributed by atoms with Crippen LogP contribution in [0.4, 0.5) is 0 Å². The smallest absolute Gasteiger partial charge is 0.462 e. The molecule has 0 rings (SSSR count). The number of ether oxygens (including phenoxy) is 4. The molecule has 0 aliphatic carbocycles. The van der Waals surface area contributed by atoms with E-state index in [1.165, 1.54) is 212 Å². The Hall–Kier alpha value is -1.94. The van der Waals surface area contributed by atoms with Gasteiger partial charge in [0, 0.05) is 25.7 Å². The minimum absolute atomic E-state index is 0.106. The lowest BCUT2D eigenvalue weighted by Gasteiger charge is -2.21. The number of hydrogen-bond acceptors (Lipinski definition) is 15. The van der Waals surface area contributed by atoms with E-state index in [0.717, 1.165) is 102 Å². The van der Waals surface area contributed by atoms with Crippen molar-refractivity contribution in [2.45, 2.75) is 419 Å². The van der Waals surface area contributed by atoms with Crippen LogP contribution in [0.3, 0.4) is 0 Å². The van der Waals surface area contributed by atoms with Gasteiger partial charge in [-0.3, -0.25) is 37.3 Å². The Kier molecular flexibility index (Phi) is 67.4. The van der Waals surface area contributed by atoms with Crippen molar-refractivity contribution in [1.82, 2.24) is 0 Å². The van der Waals surface area contributed by atoms with Gasteiger partial charge in [0.25, 0.3) is 0 Å². The number of hydrogen-bond donors (Lipinski definition) is 3. The fourth-order valence-corrected chi connectivity index (χ4v) is 13.4. The first kappa shape index (κ1) is 94.1. The molecule has 0 aromatic rings. The Balaban J connectivity index is 5.21. The number of aliphatic hydroxyl groups is 1. The van der Waals surface area contributed by atoms with Crippen molar-refractivity contribution in [3.63, 3.8) is 0 Å². The van der Waals surface area contributed by atoms with Crippen LogP contribution in [-0.2, 0) is 65.4 Å². The van der Waals surface area contributed by atoms with Crippen molar-refractivity contribution in [2.75, 3.05) is 39.6 Å². The zero-order valence-corrected chi connectivity index (χ0v) is 64.5. The van der Waals surface area contributed by atoms with Gasteiger partial charge in [0.1, 0.15) is 19.3 Å². The molecule has 3 N–H and O–H groups in total. The second kappa shape index (κ2) is 68.8. The molecule has 0 saturated carbocycles. The number of aliphatic hydroxyl groups excluding tert-OH is 1. The lowest BCUT2D eigenvalue weighted by Crippen LogP contribution is -2.30. The summed E-state index contributed by atoms with van der Waals surface area (Å²) in [4.78, 5) is 72.8. The second-order valence-corrected chi connectivity index (χ2v) is 31.4. The largest absolute Gasteiger partial charge is 0.472 e. The molecule has 0 aliphatic heterocycles. The van der Waals surface area contributed by atoms with Gasteiger partial charge in [-0.1, -0.05) is 350 Å². The average molecular weight is 1410 g/mol. The number of esters is 4. The molecule has 0 spiro atoms. The van der Waals surface area contributed by atoms with Gasteiger partial charge in [0.15, 0.2) is 12.2 Å². The van der Waals surface area contributed by atoms with Crippen LogP contribution in [0.1, 0.15) is 401 Å². The molecule has 0 aliphatic rings. The summed E-state index contributed by atoms with van der Waals surface area (Å²) in [5.41, 5.74) is 0. The number of unbranched alkanes of at least 4 members (excludes halogenated alkanes) is 45. The molecule has 0 saturated heterocycles. The molecule has 96 heavy (non-hydrogen) atoms. The molecule has 3 unspecified atom stereocenters. The van der Waals surface area contributed by atoms with Crippen molar-refractivity contribution >= 4 is 39.5 Å². The number of rotatable bonds is 76. The van der Waals surface area contributed by atoms with Crippen LogP contribution in [0.5, 0.6) is 0 Å². The van der Waals surface area contributed by atoms with Crippen molar-refractivity contribution in [3.05, 3.63) is 0 Å². The number of carbonyl (C=O) groups is 4. The van der Waals surface area contributed by atoms with Crippen LogP contribution in [0.2, 0.25) is 0 Å². The standard InChI is InChI=1S/C77H150O17P2/c1-7-10-12-14-16-18-20-21-22-23-24-25-29-33-36-40-47-53-59-74(79)87-65-72(93-77(82)62-56-50-42-38-34-30-27-26-28-32-35-39-46-52-58-70(6)9-3)67-91-95(83,84)89-63-71(78)64-90-96(85,86)92-68-73(66-88-75(80)60-54-48-44-43-45-51-57-69(4)5)94-76(81)61-55-49-41-37-31-19-17-15-13-11-8-2/h69-73,78H,7-68H2,1-6H3,(H,83,84)(H,85,86)/t70?,71-,72-,73-/m1/s1. The summed E-state index contributed by atoms with van der Waals surface area (Å²) in [5, 5.41) is 10.6. The van der Waals surface area contributed by atoms with E-state index in [1.807, 2.05) is 0 Å². The van der Waals surface area contributed by atoms with Crippen LogP contribution in [0, 0.1) is 11.8 Å². The lowest BCUT2D eigenvalue weighted by atomic mass is 9.99. The predicted octanol–water partition coefficient (Wildman–Crippen LogP) is 22.7. The normalized spacial score (nSPS) is 14.3. The molecule has 0 fully saturated rings. The third kappa shape index (κ3) is 69.2. The van der Waals surface area contributed by atoms with Gasteiger partial charge in [-0.25, -0.2) is 9.13 Å². The van der Waals surface area contributed by atoms with Crippen molar-refractivity contribution in [2.24, 2.45) is 11.8 Å². The van der Waals surface area contributed by atoms with E-state index in [9.17, 15) is 43.2 Å². The minimum atomic E-state index is -4.96. The summed E-state index contributed by atoms with van der Waals surface area (Å²) in [6.45, 7) is 9.57. The monoisotopic (exact) mass is 1410 g/mol. The molecule has 0 aromatic heterocycles. The topological polar surface area (TPSA) is 237 Å². The van der Waals surface area contributed by atoms with Gasteiger partial charge < -0.3 is 33.8 Å². The van der Waals surface area contributed by atoms with Gasteiger partial charge in [-0.15, -0.1) is 0 Å². The summed E-state index contributed by atoms with van der Waals surface area (Å²) >= 11 is 0. The highest BCUT2D eigenvalue weighted by atomic mass is 31.2. The highest BCUT2D eigenvalue weighted by molar-refractivity contribution is 7.47. The van der Waals surface area contributed by atoms with E-state index in [1.54, 1.807) is 0 Å². The summed E-state index contributed by atoms with van der Waals surface area (Å²) in [6, 6.07) is 0. The lowest BCUT2D eigenvalue weighted by molar-refractivity contribution is -0.161. The molecular weight excluding hydrogens is 1260 g/mol. The maximum Gasteiger partial charge on any atom is 0.472 e. The second-order valence-electron chi connectivity index (χ2n) is 28.5. The fourth-order valence-electron chi connectivity index (χ4n) is 11.8. The average Bonchev–Trinajstić information content (AvgIpc) is 1.30. The molecule has 0 radical (unpaired) electrons. The van der Waals surface area contributed by atoms with Crippen LogP contribution in [-0.4, -0.2) is 96.7 Å². The van der Waals surface area contributed by atoms with Crippen molar-refractivity contribution in [3.8, 4) is 0 Å². The van der Waals surface area contributed by atoms with Crippen LogP contribution < -0.4 is 0 Å². The Bertz CT molecular complexity index is 1860. The van der Waals surface area contributed by atoms with E-state index >= 15 is 0 Å². The van der Waals surface area contributed by atoms with Gasteiger partial charge >= 0.3 is 39.5 Å². The van der Waals surface area contributed by atoms with Gasteiger partial charge in [-0.2, -0.15) is 0 Å². The van der Waals surface area contributed by atoms with Gasteiger partial charge in [0.05, 0.1) is 26.4 Å². The van der Waals surface area contributed by atoms with E-state index in [-0.39, 0.29) is 25.7 Å². The zero-order valence-electron chi connectivity index (χ0n) is 62.7. The number of carbonyl (C=O) groups excluding carboxylic acids is 4. The summed E-state index contributed by atoms with van der Waals surface area (Å²) in [5.74, 6) is -0.590. The Morgan fingerprint density at radius 2 is 0.531 bits per heavy atom. The summed E-state index contributed by atoms with van der Waals surface area (Å²) in [6.07, 6.45) is 57.0. The zero-order chi connectivity index (χ0) is 70.7. The van der Waals surface area contributed by atoms with E-state index in [0.29, 0.717) is 31.6 Å². The van der Waals surface area contributed by atoms with Gasteiger partial charge in [-0.05, 0) is 37.5 Å². The van der Waals surface area contributed by atoms with E-state index < -0.39 is 97.5 Å². The molecule has 0 amide bonds. The first-order valence-corrected chi connectivity index (χ1v) is 43.0. The summed E-state index contributed by atoms with van der Waals surface area (Å²) < 4.78 is 68.5. The number of phosphoric acid groups is 2. The SMILES string of the molecule is CCCCCCCCCCCCCCCCCCCCC(=O)OC[C@H](COP(=O)(O)OC[C@@H](O)COP(=O)(O)OC[C@@H](COC(=O)CCCCCCCCC(C)C)OC(=O)CCCCCCCCCCCCC)OC(=O)CCCCCCCCCCCCCCCCC(C)CC. The molecule has 0 bridgehead atoms. The fraction of sp³-hybridized carbons (Fsp3) is 0.948. The van der Waals surface area contributed by atoms with Crippen LogP contribution >= 0.6 is 15.6 Å². The Morgan fingerprint density at radius 1 is 0.302 bits per heavy atom. The highest BCUT2D eigenvalue weighted by Crippen LogP contribution is 2.45. The van der Waals surface area contributed by atoms with Gasteiger partial charge in [0.2, 0.25) is 0 Å². The number of phosphoric ester groups is 2. The molecule has 19 heteroatoms. The third-order valence-corrected chi connectivity index (χ3v) is 20.2. The Morgan fingerprint density at radius 3 is 0.792 bits per heavy atom. The van der Waals surface area contributed by atoms with Crippen LogP contribution in [0.15, 0.2) is 0 Å². The molecular formula is C77H150O17P2. The molecule has 17 nitrogen and oxygen atoms in total. The molecule has 570 valence electrons. The molecule has 6 atom stereocenters. The predicted molar refractivity (Wildman–Crippen MR) is 391 cm³/mol. The van der Waals surface area contributed by atoms with Crippen molar-refractivity contribution in [1.29, 1.82) is 0 Å². The first-order valence-electron chi connectivity index (χ1n) is 40.0. The highest BCUT2D eigenvalue weighted by Gasteiger charge is 2.30. The van der Waals surface area contributed by atoms with E-state index in [2.05, 4.69) is 41.5 Å². The van der Waals surface area contributed by atoms with Crippen LogP contribution in [0.25, 0.3) is 0 Å².